The Morgan fingerprint density at radius 3 is 1.76 bits per heavy atom. The van der Waals surface area contributed by atoms with Crippen LogP contribution >= 0.6 is 0 Å². The number of alkyl halides is 9. The molecule has 14 heteroatoms. The van der Waals surface area contributed by atoms with E-state index in [2.05, 4.69) is 10.6 Å². The number of ether oxygens (including phenoxy) is 1. The summed E-state index contributed by atoms with van der Waals surface area (Å²) in [5.74, 6) is 0. The number of aryl methyl sites for hydroxylation is 1. The van der Waals surface area contributed by atoms with Crippen LogP contribution in [0.4, 0.5) is 50.0 Å². The van der Waals surface area contributed by atoms with E-state index in [0.29, 0.717) is 11.1 Å². The molecule has 0 spiro atoms. The zero-order valence-corrected chi connectivity index (χ0v) is 20.5. The molecule has 5 nitrogen and oxygen atoms in total. The van der Waals surface area contributed by atoms with Crippen LogP contribution in [-0.4, -0.2) is 29.5 Å². The largest absolute Gasteiger partial charge is 0.444 e. The highest BCUT2D eigenvalue weighted by Gasteiger charge is 2.56. The molecule has 0 bridgehead atoms. The Morgan fingerprint density at radius 2 is 1.34 bits per heavy atom. The molecule has 0 saturated carbocycles. The van der Waals surface area contributed by atoms with Crippen molar-refractivity contribution in [1.29, 1.82) is 0 Å². The zero-order valence-electron chi connectivity index (χ0n) is 20.5. The number of halogens is 9. The molecular weight excluding hydrogens is 535 g/mol. The monoisotopic (exact) mass is 560 g/mol. The van der Waals surface area contributed by atoms with Gasteiger partial charge >= 0.3 is 24.6 Å². The smallest absolute Gasteiger partial charge is 0.423 e. The van der Waals surface area contributed by atoms with Crippen LogP contribution in [0, 0.1) is 6.92 Å². The maximum absolute atomic E-state index is 13.9. The Labute approximate surface area is 212 Å². The molecule has 3 N–H and O–H groups in total. The lowest BCUT2D eigenvalue weighted by atomic mass is 9.89. The van der Waals surface area contributed by atoms with Crippen LogP contribution in [0.15, 0.2) is 36.4 Å². The fourth-order valence-corrected chi connectivity index (χ4v) is 3.28. The number of carbonyl (C=O) groups excluding carboxylic acids is 1. The summed E-state index contributed by atoms with van der Waals surface area (Å²) in [6.07, 6.45) is -17.2. The van der Waals surface area contributed by atoms with Crippen LogP contribution in [0.2, 0.25) is 0 Å². The van der Waals surface area contributed by atoms with E-state index in [1.54, 1.807) is 27.7 Å². The molecule has 1 atom stereocenters. The Hall–Kier alpha value is -3.16. The number of anilines is 1. The van der Waals surface area contributed by atoms with E-state index in [0.717, 1.165) is 0 Å². The molecule has 0 aromatic heterocycles. The molecule has 0 radical (unpaired) electrons. The highest BCUT2D eigenvalue weighted by Crippen LogP contribution is 2.44. The first-order valence-corrected chi connectivity index (χ1v) is 10.9. The third-order valence-corrected chi connectivity index (χ3v) is 5.25. The first-order chi connectivity index (χ1) is 17.0. The predicted molar refractivity (Wildman–Crippen MR) is 119 cm³/mol. The Kier molecular flexibility index (Phi) is 8.62. The van der Waals surface area contributed by atoms with Crippen molar-refractivity contribution in [3.63, 3.8) is 0 Å². The van der Waals surface area contributed by atoms with Crippen molar-refractivity contribution in [1.82, 2.24) is 5.32 Å². The van der Waals surface area contributed by atoms with Gasteiger partial charge in [-0.2, -0.15) is 39.5 Å². The van der Waals surface area contributed by atoms with Gasteiger partial charge in [0, 0.05) is 12.2 Å². The summed E-state index contributed by atoms with van der Waals surface area (Å²) < 4.78 is 126. The van der Waals surface area contributed by atoms with E-state index >= 15 is 0 Å². The molecule has 38 heavy (non-hydrogen) atoms. The second-order valence-corrected chi connectivity index (χ2v) is 9.50. The maximum Gasteiger partial charge on any atom is 0.423 e. The molecule has 0 aliphatic carbocycles. The second kappa shape index (κ2) is 10.5. The maximum atomic E-state index is 13.9. The average molecular weight is 560 g/mol. The number of carbonyl (C=O) groups is 1. The zero-order chi connectivity index (χ0) is 29.3. The van der Waals surface area contributed by atoms with E-state index in [-0.39, 0.29) is 30.4 Å². The lowest BCUT2D eigenvalue weighted by molar-refractivity contribution is -0.261. The lowest BCUT2D eigenvalue weighted by Crippen LogP contribution is -2.48. The van der Waals surface area contributed by atoms with Crippen molar-refractivity contribution in [3.8, 4) is 0 Å². The normalized spacial score (nSPS) is 14.6. The van der Waals surface area contributed by atoms with Crippen LogP contribution < -0.4 is 10.6 Å². The summed E-state index contributed by atoms with van der Waals surface area (Å²) in [5.41, 5.74) is -9.49. The minimum Gasteiger partial charge on any atom is -0.444 e. The minimum atomic E-state index is -5.65. The SMILES string of the molecule is Cc1cc(NC[C@@](O)(c2cc(C(F)(F)F)cc(C(F)(F)F)c2)C(F)(F)F)ccc1CNC(=O)OC(C)(C)C. The van der Waals surface area contributed by atoms with E-state index in [1.165, 1.54) is 18.2 Å². The number of benzene rings is 2. The Morgan fingerprint density at radius 1 is 0.842 bits per heavy atom. The molecule has 0 aliphatic heterocycles. The summed E-state index contributed by atoms with van der Waals surface area (Å²) in [6, 6.07) is 3.36. The molecule has 212 valence electrons. The number of aliphatic hydroxyl groups is 1. The first-order valence-electron chi connectivity index (χ1n) is 10.9. The fraction of sp³-hybridized carbons (Fsp3) is 0.458. The molecular formula is C24H25F9N2O3. The van der Waals surface area contributed by atoms with E-state index in [1.807, 2.05) is 0 Å². The number of nitrogens with one attached hydrogen (secondary N) is 2. The molecule has 0 aliphatic rings. The summed E-state index contributed by atoms with van der Waals surface area (Å²) in [5, 5.41) is 15.2. The summed E-state index contributed by atoms with van der Waals surface area (Å²) in [4.78, 5) is 11.8. The van der Waals surface area contributed by atoms with Gasteiger partial charge in [-0.25, -0.2) is 4.79 Å². The van der Waals surface area contributed by atoms with Gasteiger partial charge in [-0.05, 0) is 74.7 Å². The third kappa shape index (κ3) is 7.92. The third-order valence-electron chi connectivity index (χ3n) is 5.25. The van der Waals surface area contributed by atoms with Crippen LogP contribution in [0.25, 0.3) is 0 Å². The van der Waals surface area contributed by atoms with E-state index < -0.39 is 59.1 Å². The highest BCUT2D eigenvalue weighted by atomic mass is 19.4. The second-order valence-electron chi connectivity index (χ2n) is 9.50. The van der Waals surface area contributed by atoms with Gasteiger partial charge in [-0.1, -0.05) is 6.07 Å². The van der Waals surface area contributed by atoms with Crippen LogP contribution in [0.3, 0.4) is 0 Å². The number of alkyl carbamates (subject to hydrolysis) is 1. The van der Waals surface area contributed by atoms with Gasteiger partial charge in [0.2, 0.25) is 5.60 Å². The van der Waals surface area contributed by atoms with Crippen molar-refractivity contribution in [2.45, 2.75) is 64.0 Å². The van der Waals surface area contributed by atoms with Gasteiger partial charge in [0.15, 0.2) is 0 Å². The highest BCUT2D eigenvalue weighted by molar-refractivity contribution is 5.67. The molecule has 2 aromatic rings. The topological polar surface area (TPSA) is 70.6 Å². The Bertz CT molecular complexity index is 1120. The van der Waals surface area contributed by atoms with Crippen molar-refractivity contribution in [3.05, 3.63) is 64.2 Å². The minimum absolute atomic E-state index is 0.00201. The molecule has 1 amide bonds. The van der Waals surface area contributed by atoms with Crippen LogP contribution in [0.1, 0.15) is 48.6 Å². The Balaban J connectivity index is 2.34. The van der Waals surface area contributed by atoms with Crippen molar-refractivity contribution in [2.75, 3.05) is 11.9 Å². The standard InChI is InChI=1S/C24H25F9N2O3/c1-13-7-18(6-5-14(13)11-34-19(36)38-20(2,3)4)35-12-21(37,24(31,32)33)15-8-16(22(25,26)27)10-17(9-15)23(28,29)30/h5-10,35,37H,11-12H2,1-4H3,(H,34,36)/t21-/m1/s1. The molecule has 0 saturated heterocycles. The van der Waals surface area contributed by atoms with Gasteiger partial charge in [-0.15, -0.1) is 0 Å². The number of hydrogen-bond acceptors (Lipinski definition) is 4. The van der Waals surface area contributed by atoms with E-state index in [9.17, 15) is 49.4 Å². The van der Waals surface area contributed by atoms with E-state index in [4.69, 9.17) is 4.74 Å². The molecule has 2 aromatic carbocycles. The molecule has 0 unspecified atom stereocenters. The van der Waals surface area contributed by atoms with Gasteiger partial charge in [0.25, 0.3) is 0 Å². The summed E-state index contributed by atoms with van der Waals surface area (Å²) >= 11 is 0. The van der Waals surface area contributed by atoms with Gasteiger partial charge in [0.1, 0.15) is 5.60 Å². The quantitative estimate of drug-likeness (QED) is 0.336. The summed E-state index contributed by atoms with van der Waals surface area (Å²) in [6.45, 7) is 5.02. The van der Waals surface area contributed by atoms with Crippen molar-refractivity contribution in [2.24, 2.45) is 0 Å². The molecule has 0 heterocycles. The number of rotatable bonds is 6. The van der Waals surface area contributed by atoms with Crippen molar-refractivity contribution >= 4 is 11.8 Å². The number of hydrogen-bond donors (Lipinski definition) is 3. The van der Waals surface area contributed by atoms with Gasteiger partial charge < -0.3 is 20.5 Å². The average Bonchev–Trinajstić information content (AvgIpc) is 2.73. The predicted octanol–water partition coefficient (Wildman–Crippen LogP) is 6.92. The van der Waals surface area contributed by atoms with Crippen molar-refractivity contribution < 1.29 is 54.2 Å². The lowest BCUT2D eigenvalue weighted by Gasteiger charge is -2.32. The van der Waals surface area contributed by atoms with Crippen LogP contribution in [0.5, 0.6) is 0 Å². The first kappa shape index (κ1) is 31.1. The molecule has 0 fully saturated rings. The number of amides is 1. The molecule has 2 rings (SSSR count). The van der Waals surface area contributed by atoms with Gasteiger partial charge in [0.05, 0.1) is 17.7 Å². The fourth-order valence-electron chi connectivity index (χ4n) is 3.28. The van der Waals surface area contributed by atoms with Crippen LogP contribution in [-0.2, 0) is 29.2 Å². The summed E-state index contributed by atoms with van der Waals surface area (Å²) in [7, 11) is 0. The van der Waals surface area contributed by atoms with Gasteiger partial charge in [-0.3, -0.25) is 0 Å².